The normalized spacial score (nSPS) is 11.4. The number of imidazole rings is 1. The van der Waals surface area contributed by atoms with Crippen LogP contribution in [0.5, 0.6) is 11.5 Å². The predicted octanol–water partition coefficient (Wildman–Crippen LogP) is 3.78. The van der Waals surface area contributed by atoms with Crippen molar-refractivity contribution in [2.45, 2.75) is 13.5 Å². The molecule has 2 aromatic carbocycles. The summed E-state index contributed by atoms with van der Waals surface area (Å²) in [6, 6.07) is 13.7. The molecule has 3 heterocycles. The number of rotatable bonds is 5. The summed E-state index contributed by atoms with van der Waals surface area (Å²) < 4.78 is 16.0. The highest BCUT2D eigenvalue weighted by atomic mass is 16.5. The first-order valence-corrected chi connectivity index (χ1v) is 10.3. The average molecular weight is 429 g/mol. The van der Waals surface area contributed by atoms with Crippen molar-refractivity contribution in [2.24, 2.45) is 7.05 Å². The van der Waals surface area contributed by atoms with Crippen molar-refractivity contribution in [3.05, 3.63) is 65.3 Å². The number of hydrogen-bond donors (Lipinski definition) is 0. The summed E-state index contributed by atoms with van der Waals surface area (Å²) >= 11 is 0. The van der Waals surface area contributed by atoms with Crippen LogP contribution in [-0.2, 0) is 13.6 Å². The summed E-state index contributed by atoms with van der Waals surface area (Å²) in [6.07, 6.45) is 3.46. The number of aromatic nitrogens is 5. The van der Waals surface area contributed by atoms with Gasteiger partial charge < -0.3 is 9.47 Å². The van der Waals surface area contributed by atoms with Crippen LogP contribution in [-0.4, -0.2) is 38.1 Å². The van der Waals surface area contributed by atoms with Gasteiger partial charge in [-0.3, -0.25) is 9.55 Å². The van der Waals surface area contributed by atoms with E-state index >= 15 is 0 Å². The van der Waals surface area contributed by atoms with E-state index in [0.717, 1.165) is 38.9 Å². The molecule has 0 fully saturated rings. The molecule has 32 heavy (non-hydrogen) atoms. The topological polar surface area (TPSA) is 76.1 Å². The van der Waals surface area contributed by atoms with E-state index in [0.29, 0.717) is 18.0 Å². The summed E-state index contributed by atoms with van der Waals surface area (Å²) in [4.78, 5) is 17.8. The van der Waals surface area contributed by atoms with Gasteiger partial charge in [-0.2, -0.15) is 5.10 Å². The Balaban J connectivity index is 1.82. The smallest absolute Gasteiger partial charge is 0.334 e. The second-order valence-electron chi connectivity index (χ2n) is 7.48. The molecule has 0 amide bonds. The van der Waals surface area contributed by atoms with Gasteiger partial charge in [-0.05, 0) is 42.3 Å². The molecule has 0 unspecified atom stereocenters. The highest BCUT2D eigenvalue weighted by Crippen LogP contribution is 2.34. The zero-order valence-electron chi connectivity index (χ0n) is 18.4. The van der Waals surface area contributed by atoms with Crippen molar-refractivity contribution < 1.29 is 9.47 Å². The van der Waals surface area contributed by atoms with Crippen LogP contribution in [0.25, 0.3) is 38.9 Å². The van der Waals surface area contributed by atoms with Gasteiger partial charge in [-0.25, -0.2) is 14.0 Å². The van der Waals surface area contributed by atoms with Crippen molar-refractivity contribution >= 4 is 21.9 Å². The molecule has 0 spiro atoms. The SMILES string of the molecule is CCn1nccc1-n1c(=O)n(C)c2cnc3ccc(-c4ccc(OC)c(OC)c4)cc3c21. The van der Waals surface area contributed by atoms with Crippen molar-refractivity contribution in [1.29, 1.82) is 0 Å². The first-order chi connectivity index (χ1) is 15.6. The molecule has 0 aliphatic carbocycles. The van der Waals surface area contributed by atoms with Gasteiger partial charge in [0.2, 0.25) is 0 Å². The molecule has 3 aromatic heterocycles. The quantitative estimate of drug-likeness (QED) is 0.425. The van der Waals surface area contributed by atoms with E-state index in [2.05, 4.69) is 16.1 Å². The maximum Gasteiger partial charge on any atom is 0.334 e. The minimum absolute atomic E-state index is 0.138. The van der Waals surface area contributed by atoms with Crippen molar-refractivity contribution in [3.63, 3.8) is 0 Å². The molecule has 0 aliphatic rings. The summed E-state index contributed by atoms with van der Waals surface area (Å²) in [7, 11) is 5.00. The fourth-order valence-corrected chi connectivity index (χ4v) is 4.16. The van der Waals surface area contributed by atoms with Crippen LogP contribution in [0.2, 0.25) is 0 Å². The van der Waals surface area contributed by atoms with Crippen LogP contribution in [0.3, 0.4) is 0 Å². The highest BCUT2D eigenvalue weighted by Gasteiger charge is 2.19. The third-order valence-electron chi connectivity index (χ3n) is 5.82. The van der Waals surface area contributed by atoms with Crippen LogP contribution in [0.1, 0.15) is 6.92 Å². The number of pyridine rings is 1. The third-order valence-corrected chi connectivity index (χ3v) is 5.82. The number of ether oxygens (including phenoxy) is 2. The largest absolute Gasteiger partial charge is 0.493 e. The average Bonchev–Trinajstić information content (AvgIpc) is 3.40. The van der Waals surface area contributed by atoms with Crippen molar-refractivity contribution in [2.75, 3.05) is 14.2 Å². The van der Waals surface area contributed by atoms with Crippen LogP contribution < -0.4 is 15.2 Å². The van der Waals surface area contributed by atoms with Gasteiger partial charge in [-0.1, -0.05) is 12.1 Å². The van der Waals surface area contributed by atoms with Crippen molar-refractivity contribution in [1.82, 2.24) is 23.9 Å². The molecule has 5 aromatic rings. The van der Waals surface area contributed by atoms with Gasteiger partial charge in [0.15, 0.2) is 11.5 Å². The van der Waals surface area contributed by atoms with Crippen LogP contribution in [0.15, 0.2) is 59.7 Å². The maximum atomic E-state index is 13.2. The molecule has 0 saturated heterocycles. The molecular weight excluding hydrogens is 406 g/mol. The first kappa shape index (κ1) is 19.9. The van der Waals surface area contributed by atoms with E-state index < -0.39 is 0 Å². The van der Waals surface area contributed by atoms with Crippen molar-refractivity contribution in [3.8, 4) is 28.4 Å². The Labute approximate surface area is 184 Å². The predicted molar refractivity (Wildman–Crippen MR) is 124 cm³/mol. The zero-order valence-corrected chi connectivity index (χ0v) is 18.4. The van der Waals surface area contributed by atoms with Crippen LogP contribution in [0.4, 0.5) is 0 Å². The van der Waals surface area contributed by atoms with E-state index in [1.54, 1.807) is 42.8 Å². The van der Waals surface area contributed by atoms with Gasteiger partial charge >= 0.3 is 5.69 Å². The van der Waals surface area contributed by atoms with Gasteiger partial charge in [0.25, 0.3) is 0 Å². The Morgan fingerprint density at radius 1 is 0.969 bits per heavy atom. The van der Waals surface area contributed by atoms with Crippen LogP contribution in [0, 0.1) is 0 Å². The number of nitrogens with zero attached hydrogens (tertiary/aromatic N) is 5. The first-order valence-electron chi connectivity index (χ1n) is 10.3. The van der Waals surface area contributed by atoms with E-state index in [1.165, 1.54) is 0 Å². The molecule has 0 aliphatic heterocycles. The lowest BCUT2D eigenvalue weighted by Crippen LogP contribution is -2.23. The number of methoxy groups -OCH3 is 2. The number of fused-ring (bicyclic) bond motifs is 3. The Kier molecular flexibility index (Phi) is 4.70. The van der Waals surface area contributed by atoms with Gasteiger partial charge in [-0.15, -0.1) is 0 Å². The minimum Gasteiger partial charge on any atom is -0.493 e. The number of aryl methyl sites for hydroxylation is 2. The second kappa shape index (κ2) is 7.56. The Bertz CT molecular complexity index is 1530. The molecule has 0 atom stereocenters. The fourth-order valence-electron chi connectivity index (χ4n) is 4.16. The molecule has 5 rings (SSSR count). The summed E-state index contributed by atoms with van der Waals surface area (Å²) in [5.41, 5.74) is 4.20. The van der Waals surface area contributed by atoms with Gasteiger partial charge in [0.05, 0.1) is 43.2 Å². The number of benzene rings is 2. The lowest BCUT2D eigenvalue weighted by molar-refractivity contribution is 0.355. The lowest BCUT2D eigenvalue weighted by Gasteiger charge is -2.11. The van der Waals surface area contributed by atoms with E-state index in [9.17, 15) is 4.79 Å². The minimum atomic E-state index is -0.138. The Hall–Kier alpha value is -4.07. The number of hydrogen-bond acceptors (Lipinski definition) is 5. The maximum absolute atomic E-state index is 13.2. The molecule has 8 heteroatoms. The van der Waals surface area contributed by atoms with E-state index in [4.69, 9.17) is 9.47 Å². The summed E-state index contributed by atoms with van der Waals surface area (Å²) in [5, 5.41) is 5.24. The molecule has 0 bridgehead atoms. The lowest BCUT2D eigenvalue weighted by atomic mass is 10.0. The molecule has 0 N–H and O–H groups in total. The fraction of sp³-hybridized carbons (Fsp3) is 0.208. The molecule has 0 radical (unpaired) electrons. The Morgan fingerprint density at radius 3 is 2.47 bits per heavy atom. The van der Waals surface area contributed by atoms with Gasteiger partial charge in [0.1, 0.15) is 5.82 Å². The van der Waals surface area contributed by atoms with E-state index in [1.807, 2.05) is 48.0 Å². The molecule has 8 nitrogen and oxygen atoms in total. The zero-order chi connectivity index (χ0) is 22.4. The van der Waals surface area contributed by atoms with Gasteiger partial charge in [0, 0.05) is 25.0 Å². The van der Waals surface area contributed by atoms with Crippen LogP contribution >= 0.6 is 0 Å². The summed E-state index contributed by atoms with van der Waals surface area (Å²) in [5.74, 6) is 2.06. The third kappa shape index (κ3) is 2.87. The van der Waals surface area contributed by atoms with E-state index in [-0.39, 0.29) is 5.69 Å². The highest BCUT2D eigenvalue weighted by molar-refractivity contribution is 6.04. The Morgan fingerprint density at radius 2 is 1.72 bits per heavy atom. The molecular formula is C24H23N5O3. The molecule has 0 saturated carbocycles. The standard InChI is InChI=1S/C24H23N5O3/c1-5-28-22(10-11-26-28)29-23-17-12-15(16-7-9-20(31-3)21(13-16)32-4)6-8-18(17)25-14-19(23)27(2)24(29)30/h6-14H,5H2,1-4H3. The summed E-state index contributed by atoms with van der Waals surface area (Å²) in [6.45, 7) is 2.66. The second-order valence-corrected chi connectivity index (χ2v) is 7.48. The monoisotopic (exact) mass is 429 g/mol. The molecule has 162 valence electrons.